The molecule has 3 fully saturated rings. The van der Waals surface area contributed by atoms with Crippen molar-refractivity contribution >= 4 is 53.0 Å². The molecule has 4 N–H and O–H groups in total. The summed E-state index contributed by atoms with van der Waals surface area (Å²) in [5.41, 5.74) is 0.154. The summed E-state index contributed by atoms with van der Waals surface area (Å²) >= 11 is 8.81. The molecular formula is C42H47ClF2N6O5S2. The molecule has 4 aromatic rings. The molecule has 0 atom stereocenters. The van der Waals surface area contributed by atoms with Gasteiger partial charge in [0.1, 0.15) is 34.3 Å². The van der Waals surface area contributed by atoms with Gasteiger partial charge in [-0.25, -0.2) is 23.6 Å². The Morgan fingerprint density at radius 3 is 1.43 bits per heavy atom. The van der Waals surface area contributed by atoms with E-state index in [0.717, 1.165) is 98.5 Å². The minimum absolute atomic E-state index is 0.0229. The Balaban J connectivity index is 0.000000198. The van der Waals surface area contributed by atoms with Crippen molar-refractivity contribution in [2.45, 2.75) is 98.2 Å². The molecule has 0 radical (unpaired) electrons. The minimum Gasteiger partial charge on any atom is -0.438 e. The molecule has 0 spiro atoms. The summed E-state index contributed by atoms with van der Waals surface area (Å²) in [6.07, 6.45) is 14.5. The van der Waals surface area contributed by atoms with E-state index >= 15 is 0 Å². The van der Waals surface area contributed by atoms with E-state index in [9.17, 15) is 23.2 Å². The van der Waals surface area contributed by atoms with Crippen molar-refractivity contribution in [2.24, 2.45) is 5.92 Å². The number of amides is 3. The maximum atomic E-state index is 13.8. The lowest BCUT2D eigenvalue weighted by Crippen LogP contribution is -2.44. The van der Waals surface area contributed by atoms with Crippen molar-refractivity contribution in [2.75, 3.05) is 12.5 Å². The second kappa shape index (κ2) is 21.0. The van der Waals surface area contributed by atoms with Gasteiger partial charge in [-0.3, -0.25) is 14.4 Å². The number of thioether (sulfide) groups is 2. The molecule has 3 aliphatic carbocycles. The van der Waals surface area contributed by atoms with Crippen LogP contribution in [0.4, 0.5) is 8.78 Å². The molecule has 0 saturated heterocycles. The van der Waals surface area contributed by atoms with Crippen LogP contribution in [0.25, 0.3) is 0 Å². The molecule has 3 amide bonds. The van der Waals surface area contributed by atoms with E-state index in [1.807, 2.05) is 48.9 Å². The molecule has 0 unspecified atom stereocenters. The molecule has 7 rings (SSSR count). The van der Waals surface area contributed by atoms with Crippen LogP contribution in [0.1, 0.15) is 84.9 Å². The highest BCUT2D eigenvalue weighted by atomic mass is 35.5. The van der Waals surface area contributed by atoms with Crippen LogP contribution in [-0.2, 0) is 4.79 Å². The highest BCUT2D eigenvalue weighted by molar-refractivity contribution is 7.98. The zero-order chi connectivity index (χ0) is 41.0. The van der Waals surface area contributed by atoms with Gasteiger partial charge < -0.3 is 25.4 Å². The number of nitrogens with zero attached hydrogens (tertiary/aromatic N) is 2. The zero-order valence-electron chi connectivity index (χ0n) is 32.3. The summed E-state index contributed by atoms with van der Waals surface area (Å²) in [6, 6.07) is 17.6. The number of benzene rings is 2. The monoisotopic (exact) mass is 852 g/mol. The van der Waals surface area contributed by atoms with E-state index in [2.05, 4.69) is 30.8 Å². The lowest BCUT2D eigenvalue weighted by Gasteiger charge is -2.29. The maximum Gasteiger partial charge on any atom is 0.257 e. The van der Waals surface area contributed by atoms with Crippen LogP contribution >= 0.6 is 35.3 Å². The maximum absolute atomic E-state index is 13.8. The van der Waals surface area contributed by atoms with E-state index in [4.69, 9.17) is 21.3 Å². The van der Waals surface area contributed by atoms with E-state index in [-0.39, 0.29) is 64.8 Å². The fraction of sp³-hybridized carbons (Fsp3) is 0.405. The number of hydrogen-bond donors (Lipinski definition) is 4. The van der Waals surface area contributed by atoms with Crippen LogP contribution < -0.4 is 30.3 Å². The Bertz CT molecular complexity index is 2050. The number of carbonyl (C=O) groups is 3. The van der Waals surface area contributed by atoms with Gasteiger partial charge >= 0.3 is 0 Å². The summed E-state index contributed by atoms with van der Waals surface area (Å²) in [5.74, 6) is -0.379. The second-order valence-electron chi connectivity index (χ2n) is 14.5. The summed E-state index contributed by atoms with van der Waals surface area (Å²) in [4.78, 5) is 50.3. The third kappa shape index (κ3) is 12.5. The molecule has 0 aliphatic heterocycles. The minimum atomic E-state index is -0.595. The van der Waals surface area contributed by atoms with Gasteiger partial charge in [-0.15, -0.1) is 23.5 Å². The standard InChI is InChI=1S/C23H26FN3O3S.C19H21ClFN3O2S/c1-31-19-4-2-3-18(12-19)30-23-20(11-15(24)13-25-23)22(29)27-17-9-7-16(8-10-17)26-21(28)14-5-6-14;1-27-16-4-2-3-15(10-16)26-19-17(9-12(21)11-22-19)18(25)23-13-5-7-14(24-20)8-6-13/h2-4,11-14,16-17H,5-10H2,1H3,(H,26,28)(H,27,29);2-4,9-11,13-14,24H,5-8H2,1H3,(H,23,25). The van der Waals surface area contributed by atoms with Gasteiger partial charge in [-0.1, -0.05) is 12.1 Å². The predicted molar refractivity (Wildman–Crippen MR) is 222 cm³/mol. The van der Waals surface area contributed by atoms with E-state index in [0.29, 0.717) is 11.5 Å². The van der Waals surface area contributed by atoms with Gasteiger partial charge in [-0.05, 0) is 137 Å². The van der Waals surface area contributed by atoms with Crippen molar-refractivity contribution in [1.29, 1.82) is 0 Å². The number of halogens is 3. The topological polar surface area (TPSA) is 144 Å². The van der Waals surface area contributed by atoms with Crippen LogP contribution in [0.3, 0.4) is 0 Å². The molecule has 2 aromatic carbocycles. The lowest BCUT2D eigenvalue weighted by molar-refractivity contribution is -0.123. The predicted octanol–water partition coefficient (Wildman–Crippen LogP) is 8.82. The molecule has 0 bridgehead atoms. The molecule has 16 heteroatoms. The molecule has 11 nitrogen and oxygen atoms in total. The Morgan fingerprint density at radius 1 is 0.621 bits per heavy atom. The van der Waals surface area contributed by atoms with Gasteiger partial charge in [0.15, 0.2) is 0 Å². The van der Waals surface area contributed by atoms with Crippen molar-refractivity contribution in [1.82, 2.24) is 30.8 Å². The number of hydrogen-bond acceptors (Lipinski definition) is 10. The SMILES string of the molecule is CSc1cccc(Oc2ncc(F)cc2C(=O)NC2CCC(NC(=O)C3CC3)CC2)c1.CSc1cccc(Oc2ncc(F)cc2C(=O)NC2CCC(NCl)CC2)c1. The van der Waals surface area contributed by atoms with Crippen LogP contribution in [0.15, 0.2) is 82.8 Å². The normalized spacial score (nSPS) is 20.2. The molecule has 3 aliphatic rings. The fourth-order valence-corrected chi connectivity index (χ4v) is 7.93. The Labute approximate surface area is 350 Å². The Hall–Kier alpha value is -4.44. The highest BCUT2D eigenvalue weighted by Gasteiger charge is 2.32. The first-order valence-electron chi connectivity index (χ1n) is 19.3. The summed E-state index contributed by atoms with van der Waals surface area (Å²) < 4.78 is 39.1. The van der Waals surface area contributed by atoms with Crippen molar-refractivity contribution in [3.63, 3.8) is 0 Å². The number of carbonyl (C=O) groups excluding carboxylic acids is 3. The largest absolute Gasteiger partial charge is 0.438 e. The van der Waals surface area contributed by atoms with Crippen molar-refractivity contribution in [3.05, 3.63) is 95.8 Å². The van der Waals surface area contributed by atoms with Gasteiger partial charge in [0.25, 0.3) is 11.8 Å². The number of pyridine rings is 2. The molecule has 2 heterocycles. The first-order valence-corrected chi connectivity index (χ1v) is 22.2. The Morgan fingerprint density at radius 2 is 1.03 bits per heavy atom. The quantitative estimate of drug-likeness (QED) is 0.0761. The fourth-order valence-electron chi connectivity index (χ4n) is 6.81. The third-order valence-electron chi connectivity index (χ3n) is 10.2. The second-order valence-corrected chi connectivity index (χ2v) is 16.5. The third-order valence-corrected chi connectivity index (χ3v) is 12.0. The van der Waals surface area contributed by atoms with Crippen LogP contribution in [0.5, 0.6) is 23.3 Å². The van der Waals surface area contributed by atoms with Gasteiger partial charge in [-0.2, -0.15) is 0 Å². The summed E-state index contributed by atoms with van der Waals surface area (Å²) in [7, 11) is 0. The number of nitrogens with one attached hydrogen (secondary N) is 4. The highest BCUT2D eigenvalue weighted by Crippen LogP contribution is 2.31. The van der Waals surface area contributed by atoms with Crippen LogP contribution in [-0.4, -0.2) is 64.4 Å². The van der Waals surface area contributed by atoms with Gasteiger partial charge in [0.2, 0.25) is 17.7 Å². The average molecular weight is 853 g/mol. The van der Waals surface area contributed by atoms with Crippen molar-refractivity contribution in [3.8, 4) is 23.3 Å². The zero-order valence-corrected chi connectivity index (χ0v) is 34.7. The Kier molecular flexibility index (Phi) is 15.6. The smallest absolute Gasteiger partial charge is 0.257 e. The first kappa shape index (κ1) is 43.1. The number of rotatable bonds is 13. The van der Waals surface area contributed by atoms with Crippen LogP contribution in [0, 0.1) is 17.6 Å². The number of ether oxygens (including phenoxy) is 2. The number of aromatic nitrogens is 2. The van der Waals surface area contributed by atoms with Gasteiger partial charge in [0, 0.05) is 39.9 Å². The molecular weight excluding hydrogens is 806 g/mol. The van der Waals surface area contributed by atoms with E-state index in [1.165, 1.54) is 0 Å². The van der Waals surface area contributed by atoms with E-state index in [1.54, 1.807) is 35.7 Å². The van der Waals surface area contributed by atoms with E-state index < -0.39 is 17.5 Å². The average Bonchev–Trinajstić information content (AvgIpc) is 4.10. The van der Waals surface area contributed by atoms with Gasteiger partial charge in [0.05, 0.1) is 12.4 Å². The summed E-state index contributed by atoms with van der Waals surface area (Å²) in [6.45, 7) is 0. The molecule has 308 valence electrons. The van der Waals surface area contributed by atoms with Crippen LogP contribution in [0.2, 0.25) is 0 Å². The van der Waals surface area contributed by atoms with Crippen molar-refractivity contribution < 1.29 is 32.6 Å². The molecule has 58 heavy (non-hydrogen) atoms. The first-order chi connectivity index (χ1) is 28.1. The molecule has 3 saturated carbocycles. The summed E-state index contributed by atoms with van der Waals surface area (Å²) in [5, 5.41) is 9.04. The lowest BCUT2D eigenvalue weighted by atomic mass is 9.91. The molecule has 2 aromatic heterocycles.